The number of esters is 1. The maximum Gasteiger partial charge on any atom is 0.302 e. The van der Waals surface area contributed by atoms with Gasteiger partial charge < -0.3 is 9.22 Å². The van der Waals surface area contributed by atoms with E-state index in [9.17, 15) is 4.79 Å². The van der Waals surface area contributed by atoms with Crippen molar-refractivity contribution in [2.45, 2.75) is 57.6 Å². The van der Waals surface area contributed by atoms with E-state index in [1.54, 1.807) is 6.92 Å². The molecule has 1 heterocycles. The minimum Gasteiger partial charge on any atom is -0.462 e. The molecule has 4 atom stereocenters. The number of nitrogens with zero attached hydrogens (tertiary/aromatic N) is 1. The summed E-state index contributed by atoms with van der Waals surface area (Å²) in [6.07, 6.45) is 8.16. The Balaban J connectivity index is 1.78. The Bertz CT molecular complexity index is 335. The number of quaternary nitrogens is 1. The van der Waals surface area contributed by atoms with E-state index in [2.05, 4.69) is 7.05 Å². The summed E-state index contributed by atoms with van der Waals surface area (Å²) < 4.78 is 6.91. The molecule has 1 saturated heterocycles. The highest BCUT2D eigenvalue weighted by molar-refractivity contribution is 5.66. The van der Waals surface area contributed by atoms with E-state index in [1.165, 1.54) is 56.1 Å². The molecule has 3 nitrogen and oxygen atoms in total. The zero-order chi connectivity index (χ0) is 12.8. The van der Waals surface area contributed by atoms with Crippen LogP contribution in [0, 0.1) is 11.8 Å². The van der Waals surface area contributed by atoms with Gasteiger partial charge in [0.25, 0.3) is 0 Å². The van der Waals surface area contributed by atoms with Gasteiger partial charge in [0, 0.05) is 32.1 Å². The topological polar surface area (TPSA) is 26.3 Å². The molecule has 0 N–H and O–H groups in total. The lowest BCUT2D eigenvalue weighted by atomic mass is 9.80. The third kappa shape index (κ3) is 1.97. The van der Waals surface area contributed by atoms with Gasteiger partial charge in [-0.3, -0.25) is 4.79 Å². The minimum absolute atomic E-state index is 0.0818. The van der Waals surface area contributed by atoms with Crippen molar-refractivity contribution >= 4 is 5.97 Å². The van der Waals surface area contributed by atoms with Crippen molar-refractivity contribution < 1.29 is 14.0 Å². The number of hydrogen-bond acceptors (Lipinski definition) is 2. The Morgan fingerprint density at radius 3 is 2.44 bits per heavy atom. The molecule has 0 aromatic carbocycles. The van der Waals surface area contributed by atoms with Crippen LogP contribution in [0.3, 0.4) is 0 Å². The Kier molecular flexibility index (Phi) is 3.13. The first-order valence-electron chi connectivity index (χ1n) is 7.61. The second-order valence-corrected chi connectivity index (χ2v) is 6.85. The highest BCUT2D eigenvalue weighted by Crippen LogP contribution is 2.48. The fourth-order valence-corrected chi connectivity index (χ4v) is 4.94. The Hall–Kier alpha value is -0.570. The highest BCUT2D eigenvalue weighted by atomic mass is 16.5. The van der Waals surface area contributed by atoms with Gasteiger partial charge in [0.15, 0.2) is 0 Å². The maximum atomic E-state index is 11.3. The van der Waals surface area contributed by atoms with Crippen molar-refractivity contribution in [2.75, 3.05) is 20.1 Å². The van der Waals surface area contributed by atoms with Crippen LogP contribution in [0.1, 0.15) is 45.4 Å². The molecule has 0 aromatic rings. The summed E-state index contributed by atoms with van der Waals surface area (Å²) in [5.74, 6) is 1.21. The van der Waals surface area contributed by atoms with Crippen LogP contribution in [0.15, 0.2) is 0 Å². The molecule has 102 valence electrons. The predicted molar refractivity (Wildman–Crippen MR) is 69.9 cm³/mol. The number of likely N-dealkylation sites (tertiary alicyclic amines) is 1. The quantitative estimate of drug-likeness (QED) is 0.557. The molecule has 0 aromatic heterocycles. The standard InChI is InChI=1S/C15H26NO2/c1-11(17)18-15-12-5-7-13(15)14(8-6-12)16(2)9-3-4-10-16/h12-15H,3-10H2,1-2H3/q+1/t12-,13-,14+,15-/m1/s1. The molecule has 0 unspecified atom stereocenters. The number of ether oxygens (including phenoxy) is 1. The molecule has 3 rings (SSSR count). The van der Waals surface area contributed by atoms with Crippen molar-refractivity contribution in [3.05, 3.63) is 0 Å². The third-order valence-electron chi connectivity index (χ3n) is 5.78. The van der Waals surface area contributed by atoms with Crippen LogP contribution in [-0.2, 0) is 9.53 Å². The number of carbonyl (C=O) groups excluding carboxylic acids is 1. The van der Waals surface area contributed by atoms with Gasteiger partial charge in [0.1, 0.15) is 6.10 Å². The lowest BCUT2D eigenvalue weighted by molar-refractivity contribution is -0.927. The molecule has 3 heteroatoms. The molecule has 2 bridgehead atoms. The molecule has 2 saturated carbocycles. The van der Waals surface area contributed by atoms with Crippen LogP contribution in [0.25, 0.3) is 0 Å². The minimum atomic E-state index is -0.0818. The lowest BCUT2D eigenvalue weighted by Crippen LogP contribution is -2.57. The largest absolute Gasteiger partial charge is 0.462 e. The molecular formula is C15H26NO2+. The third-order valence-corrected chi connectivity index (χ3v) is 5.78. The fourth-order valence-electron chi connectivity index (χ4n) is 4.94. The first-order chi connectivity index (χ1) is 8.60. The zero-order valence-electron chi connectivity index (χ0n) is 11.7. The van der Waals surface area contributed by atoms with Gasteiger partial charge in [0.05, 0.1) is 26.2 Å². The first kappa shape index (κ1) is 12.5. The monoisotopic (exact) mass is 252 g/mol. The first-order valence-corrected chi connectivity index (χ1v) is 7.61. The van der Waals surface area contributed by atoms with E-state index in [-0.39, 0.29) is 12.1 Å². The van der Waals surface area contributed by atoms with Gasteiger partial charge >= 0.3 is 5.97 Å². The number of rotatable bonds is 2. The second kappa shape index (κ2) is 4.52. The fraction of sp³-hybridized carbons (Fsp3) is 0.933. The summed E-state index contributed by atoms with van der Waals surface area (Å²) in [6, 6.07) is 0.746. The van der Waals surface area contributed by atoms with Crippen LogP contribution in [-0.4, -0.2) is 42.7 Å². The smallest absolute Gasteiger partial charge is 0.302 e. The van der Waals surface area contributed by atoms with Crippen molar-refractivity contribution in [1.29, 1.82) is 0 Å². The molecule has 0 radical (unpaired) electrons. The second-order valence-electron chi connectivity index (χ2n) is 6.85. The summed E-state index contributed by atoms with van der Waals surface area (Å²) in [6.45, 7) is 4.23. The molecule has 2 aliphatic carbocycles. The van der Waals surface area contributed by atoms with Crippen LogP contribution in [0.4, 0.5) is 0 Å². The predicted octanol–water partition coefficient (Wildman–Crippen LogP) is 2.35. The summed E-state index contributed by atoms with van der Waals surface area (Å²) in [4.78, 5) is 11.3. The molecular weight excluding hydrogens is 226 g/mol. The summed E-state index contributed by atoms with van der Waals surface area (Å²) >= 11 is 0. The van der Waals surface area contributed by atoms with Crippen LogP contribution >= 0.6 is 0 Å². The highest BCUT2D eigenvalue weighted by Gasteiger charge is 2.53. The van der Waals surface area contributed by atoms with Crippen LogP contribution in [0.5, 0.6) is 0 Å². The van der Waals surface area contributed by atoms with E-state index in [1.807, 2.05) is 0 Å². The van der Waals surface area contributed by atoms with Gasteiger partial charge in [-0.1, -0.05) is 0 Å². The lowest BCUT2D eigenvalue weighted by Gasteiger charge is -2.45. The SMILES string of the molecule is CC(=O)O[C@@H]1[C@@H]2CC[C@@H]1[C@@H]([N+]1(C)CCCC1)CC2. The number of carbonyl (C=O) groups is 1. The average Bonchev–Trinajstić information content (AvgIpc) is 2.83. The number of hydrogen-bond donors (Lipinski definition) is 0. The van der Waals surface area contributed by atoms with Crippen molar-refractivity contribution in [3.63, 3.8) is 0 Å². The summed E-state index contributed by atoms with van der Waals surface area (Å²) in [5, 5.41) is 0. The summed E-state index contributed by atoms with van der Waals surface area (Å²) in [5.41, 5.74) is 0. The number of fused-ring (bicyclic) bond motifs is 2. The Morgan fingerprint density at radius 2 is 1.78 bits per heavy atom. The van der Waals surface area contributed by atoms with Crippen molar-refractivity contribution in [3.8, 4) is 0 Å². The molecule has 3 fully saturated rings. The van der Waals surface area contributed by atoms with Crippen LogP contribution < -0.4 is 0 Å². The van der Waals surface area contributed by atoms with Gasteiger partial charge in [-0.25, -0.2) is 0 Å². The van der Waals surface area contributed by atoms with Gasteiger partial charge in [0.2, 0.25) is 0 Å². The Labute approximate surface area is 110 Å². The van der Waals surface area contributed by atoms with Gasteiger partial charge in [-0.2, -0.15) is 0 Å². The van der Waals surface area contributed by atoms with Crippen LogP contribution in [0.2, 0.25) is 0 Å². The zero-order valence-corrected chi connectivity index (χ0v) is 11.7. The summed E-state index contributed by atoms with van der Waals surface area (Å²) in [7, 11) is 2.43. The van der Waals surface area contributed by atoms with Crippen molar-refractivity contribution in [1.82, 2.24) is 0 Å². The molecule has 3 aliphatic rings. The Morgan fingerprint density at radius 1 is 1.11 bits per heavy atom. The van der Waals surface area contributed by atoms with Gasteiger partial charge in [-0.15, -0.1) is 0 Å². The molecule has 0 spiro atoms. The van der Waals surface area contributed by atoms with Crippen molar-refractivity contribution in [2.24, 2.45) is 11.8 Å². The molecule has 0 amide bonds. The van der Waals surface area contributed by atoms with Gasteiger partial charge in [-0.05, 0) is 25.2 Å². The maximum absolute atomic E-state index is 11.3. The van der Waals surface area contributed by atoms with E-state index in [0.29, 0.717) is 11.8 Å². The van der Waals surface area contributed by atoms with E-state index in [4.69, 9.17) is 4.74 Å². The van der Waals surface area contributed by atoms with E-state index >= 15 is 0 Å². The molecule has 1 aliphatic heterocycles. The normalized spacial score (nSPS) is 41.9. The molecule has 18 heavy (non-hydrogen) atoms. The van der Waals surface area contributed by atoms with E-state index in [0.717, 1.165) is 6.04 Å². The average molecular weight is 252 g/mol. The van der Waals surface area contributed by atoms with E-state index < -0.39 is 0 Å².